The summed E-state index contributed by atoms with van der Waals surface area (Å²) in [6.45, 7) is -0.837. The number of carbonyl (C=O) groups is 1. The molecular formula is C4H10N2O5. The van der Waals surface area contributed by atoms with Gasteiger partial charge in [-0.15, -0.1) is 0 Å². The van der Waals surface area contributed by atoms with Crippen molar-refractivity contribution in [3.8, 4) is 0 Å². The molecule has 0 aromatic carbocycles. The molecule has 0 saturated heterocycles. The molecule has 0 aliphatic carbocycles. The van der Waals surface area contributed by atoms with Crippen molar-refractivity contribution >= 4 is 5.97 Å². The molecule has 0 saturated carbocycles. The summed E-state index contributed by atoms with van der Waals surface area (Å²) >= 11 is 0. The number of aliphatic hydroxyl groups is 3. The highest BCUT2D eigenvalue weighted by molar-refractivity contribution is 5.71. The quantitative estimate of drug-likeness (QED) is 0.218. The number of rotatable bonds is 4. The Morgan fingerprint density at radius 2 is 2.09 bits per heavy atom. The van der Waals surface area contributed by atoms with Crippen LogP contribution in [0.4, 0.5) is 0 Å². The van der Waals surface area contributed by atoms with Crippen LogP contribution in [0.15, 0.2) is 0 Å². The Hall–Kier alpha value is -0.730. The molecule has 0 aliphatic rings. The van der Waals surface area contributed by atoms with Crippen molar-refractivity contribution in [1.82, 2.24) is 5.32 Å². The van der Waals surface area contributed by atoms with Crippen molar-refractivity contribution in [3.63, 3.8) is 0 Å². The summed E-state index contributed by atoms with van der Waals surface area (Å²) in [5.41, 5.74) is 4.83. The summed E-state index contributed by atoms with van der Waals surface area (Å²) in [7, 11) is 0. The Morgan fingerprint density at radius 3 is 2.45 bits per heavy atom. The first-order valence-corrected chi connectivity index (χ1v) is 2.73. The number of hydrogen-bond donors (Lipinski definition) is 5. The van der Waals surface area contributed by atoms with E-state index in [1.54, 1.807) is 5.32 Å². The third kappa shape index (κ3) is 7.16. The lowest BCUT2D eigenvalue weighted by molar-refractivity contribution is -0.336. The van der Waals surface area contributed by atoms with E-state index in [0.717, 1.165) is 0 Å². The van der Waals surface area contributed by atoms with Gasteiger partial charge in [0.2, 0.25) is 0 Å². The van der Waals surface area contributed by atoms with E-state index in [-0.39, 0.29) is 6.54 Å². The van der Waals surface area contributed by atoms with Gasteiger partial charge in [-0.3, -0.25) is 4.79 Å². The van der Waals surface area contributed by atoms with E-state index >= 15 is 0 Å². The molecule has 0 aromatic heterocycles. The molecular weight excluding hydrogens is 156 g/mol. The Morgan fingerprint density at radius 1 is 1.55 bits per heavy atom. The summed E-state index contributed by atoms with van der Waals surface area (Å²) in [6, 6.07) is 0. The van der Waals surface area contributed by atoms with Gasteiger partial charge in [0.25, 0.3) is 0 Å². The summed E-state index contributed by atoms with van der Waals surface area (Å²) < 4.78 is 4.21. The lowest BCUT2D eigenvalue weighted by Gasteiger charge is -2.14. The maximum absolute atomic E-state index is 10.3. The predicted octanol–water partition coefficient (Wildman–Crippen LogP) is -3.38. The van der Waals surface area contributed by atoms with Crippen LogP contribution in [0, 0.1) is 0 Å². The minimum atomic E-state index is -3.03. The topological polar surface area (TPSA) is 125 Å². The summed E-state index contributed by atoms with van der Waals surface area (Å²) in [5.74, 6) is -0.721. The van der Waals surface area contributed by atoms with Crippen molar-refractivity contribution in [2.75, 3.05) is 13.3 Å². The van der Waals surface area contributed by atoms with E-state index in [1.165, 1.54) is 0 Å². The van der Waals surface area contributed by atoms with Crippen LogP contribution in [0.5, 0.6) is 0 Å². The Bertz CT molecular complexity index is 131. The average molecular weight is 166 g/mol. The molecule has 0 unspecified atom stereocenters. The molecule has 0 amide bonds. The standard InChI is InChI=1S/C4H10N2O5/c5-1-3(7)11-2-6-4(8,9)10/h6,8-10H,1-2,5H2. The van der Waals surface area contributed by atoms with Crippen molar-refractivity contribution in [3.05, 3.63) is 0 Å². The highest BCUT2D eigenvalue weighted by Crippen LogP contribution is 1.83. The van der Waals surface area contributed by atoms with Crippen LogP contribution in [0.2, 0.25) is 0 Å². The Kier molecular flexibility index (Phi) is 3.93. The van der Waals surface area contributed by atoms with Gasteiger partial charge in [-0.25, -0.2) is 5.32 Å². The fourth-order valence-corrected chi connectivity index (χ4v) is 0.272. The number of hydrogen-bond acceptors (Lipinski definition) is 7. The number of ether oxygens (including phenoxy) is 1. The van der Waals surface area contributed by atoms with Crippen LogP contribution >= 0.6 is 0 Å². The predicted molar refractivity (Wildman–Crippen MR) is 32.5 cm³/mol. The van der Waals surface area contributed by atoms with Crippen molar-refractivity contribution in [2.24, 2.45) is 5.73 Å². The third-order valence-electron chi connectivity index (χ3n) is 0.709. The van der Waals surface area contributed by atoms with Gasteiger partial charge in [-0.05, 0) is 0 Å². The van der Waals surface area contributed by atoms with Crippen LogP contribution < -0.4 is 11.1 Å². The highest BCUT2D eigenvalue weighted by atomic mass is 16.7. The van der Waals surface area contributed by atoms with E-state index < -0.39 is 18.8 Å². The van der Waals surface area contributed by atoms with Gasteiger partial charge in [0.05, 0.1) is 6.54 Å². The van der Waals surface area contributed by atoms with Crippen molar-refractivity contribution in [2.45, 2.75) is 6.10 Å². The van der Waals surface area contributed by atoms with Crippen LogP contribution in [-0.2, 0) is 9.53 Å². The molecule has 7 nitrogen and oxygen atoms in total. The van der Waals surface area contributed by atoms with Gasteiger partial charge < -0.3 is 25.8 Å². The van der Waals surface area contributed by atoms with E-state index in [9.17, 15) is 4.79 Å². The first-order chi connectivity index (χ1) is 4.95. The highest BCUT2D eigenvalue weighted by Gasteiger charge is 2.16. The molecule has 6 N–H and O–H groups in total. The minimum absolute atomic E-state index is 0.309. The molecule has 0 spiro atoms. The number of nitrogens with two attached hydrogens (primary N) is 1. The first kappa shape index (κ1) is 10.3. The van der Waals surface area contributed by atoms with E-state index in [2.05, 4.69) is 4.74 Å². The maximum Gasteiger partial charge on any atom is 0.345 e. The SMILES string of the molecule is NCC(=O)OCNC(O)(O)O. The van der Waals surface area contributed by atoms with Gasteiger partial charge >= 0.3 is 12.1 Å². The first-order valence-electron chi connectivity index (χ1n) is 2.73. The van der Waals surface area contributed by atoms with Crippen LogP contribution in [0.1, 0.15) is 0 Å². The molecule has 0 rings (SSSR count). The maximum atomic E-state index is 10.3. The second kappa shape index (κ2) is 4.21. The fourth-order valence-electron chi connectivity index (χ4n) is 0.272. The minimum Gasteiger partial charge on any atom is -0.449 e. The number of carbonyl (C=O) groups excluding carboxylic acids is 1. The van der Waals surface area contributed by atoms with Gasteiger partial charge in [-0.2, -0.15) is 0 Å². The smallest absolute Gasteiger partial charge is 0.345 e. The molecule has 11 heavy (non-hydrogen) atoms. The summed E-state index contributed by atoms with van der Waals surface area (Å²) in [4.78, 5) is 10.3. The third-order valence-corrected chi connectivity index (χ3v) is 0.709. The zero-order valence-electron chi connectivity index (χ0n) is 5.65. The normalized spacial score (nSPS) is 11.3. The number of nitrogens with one attached hydrogen (secondary N) is 1. The Balaban J connectivity index is 3.35. The average Bonchev–Trinajstić information content (AvgIpc) is 1.85. The van der Waals surface area contributed by atoms with Gasteiger partial charge in [0, 0.05) is 0 Å². The lowest BCUT2D eigenvalue weighted by atomic mass is 10.7. The molecule has 0 fully saturated rings. The monoisotopic (exact) mass is 166 g/mol. The van der Waals surface area contributed by atoms with Crippen LogP contribution in [0.25, 0.3) is 0 Å². The van der Waals surface area contributed by atoms with E-state index in [4.69, 9.17) is 21.1 Å². The van der Waals surface area contributed by atoms with Gasteiger partial charge in [0.1, 0.15) is 6.73 Å². The molecule has 0 atom stereocenters. The molecule has 0 aromatic rings. The molecule has 7 heteroatoms. The van der Waals surface area contributed by atoms with Crippen molar-refractivity contribution < 1.29 is 24.9 Å². The van der Waals surface area contributed by atoms with E-state index in [0.29, 0.717) is 0 Å². The van der Waals surface area contributed by atoms with E-state index in [1.807, 2.05) is 0 Å². The second-order valence-electron chi connectivity index (χ2n) is 1.68. The largest absolute Gasteiger partial charge is 0.449 e. The Labute approximate surface area is 62.4 Å². The van der Waals surface area contributed by atoms with Crippen LogP contribution in [-0.4, -0.2) is 40.7 Å². The summed E-state index contributed by atoms with van der Waals surface area (Å²) in [6.07, 6.45) is -3.03. The lowest BCUT2D eigenvalue weighted by Crippen LogP contribution is -2.46. The molecule has 66 valence electrons. The van der Waals surface area contributed by atoms with Crippen molar-refractivity contribution in [1.29, 1.82) is 0 Å². The van der Waals surface area contributed by atoms with Crippen LogP contribution in [0.3, 0.4) is 0 Å². The zero-order chi connectivity index (χ0) is 8.91. The molecule has 0 radical (unpaired) electrons. The van der Waals surface area contributed by atoms with Gasteiger partial charge in [0.15, 0.2) is 0 Å². The molecule has 0 heterocycles. The molecule has 0 bridgehead atoms. The number of esters is 1. The van der Waals surface area contributed by atoms with Gasteiger partial charge in [-0.1, -0.05) is 0 Å². The fraction of sp³-hybridized carbons (Fsp3) is 0.750. The summed E-state index contributed by atoms with van der Waals surface area (Å²) in [5, 5.41) is 26.2. The second-order valence-corrected chi connectivity index (χ2v) is 1.68. The molecule has 0 aliphatic heterocycles. The zero-order valence-corrected chi connectivity index (χ0v) is 5.65.